The SMILES string of the molecule is O=S(=O)(c1cc(Cl)c(Br)s1)N(CCBr)CC(F)(F)F. The van der Waals surface area contributed by atoms with Crippen molar-refractivity contribution in [1.82, 2.24) is 4.31 Å². The Kier molecular flexibility index (Phi) is 6.16. The summed E-state index contributed by atoms with van der Waals surface area (Å²) in [5, 5.41) is 0.247. The predicted molar refractivity (Wildman–Crippen MR) is 75.6 cm³/mol. The highest BCUT2D eigenvalue weighted by atomic mass is 79.9. The second-order valence-electron chi connectivity index (χ2n) is 3.33. The molecule has 1 aromatic heterocycles. The Labute approximate surface area is 134 Å². The predicted octanol–water partition coefficient (Wildman–Crippen LogP) is 4.11. The van der Waals surface area contributed by atoms with E-state index in [1.807, 2.05) is 0 Å². The Hall–Kier alpha value is 0.650. The van der Waals surface area contributed by atoms with Crippen molar-refractivity contribution >= 4 is 64.8 Å². The van der Waals surface area contributed by atoms with E-state index in [0.717, 1.165) is 17.4 Å². The lowest BCUT2D eigenvalue weighted by Gasteiger charge is -2.21. The van der Waals surface area contributed by atoms with E-state index in [9.17, 15) is 21.6 Å². The van der Waals surface area contributed by atoms with Crippen LogP contribution < -0.4 is 0 Å². The molecule has 0 aliphatic carbocycles. The number of thiophene rings is 1. The Morgan fingerprint density at radius 3 is 2.37 bits per heavy atom. The highest BCUT2D eigenvalue weighted by Crippen LogP contribution is 2.36. The Morgan fingerprint density at radius 2 is 2.00 bits per heavy atom. The number of rotatable bonds is 5. The third-order valence-corrected chi connectivity index (χ3v) is 7.03. The van der Waals surface area contributed by atoms with Gasteiger partial charge in [-0.25, -0.2) is 8.42 Å². The van der Waals surface area contributed by atoms with Crippen LogP contribution in [0.2, 0.25) is 5.02 Å². The molecule has 0 aliphatic heterocycles. The van der Waals surface area contributed by atoms with Crippen LogP contribution in [-0.2, 0) is 10.0 Å². The summed E-state index contributed by atoms with van der Waals surface area (Å²) in [6, 6.07) is 1.13. The van der Waals surface area contributed by atoms with Gasteiger partial charge in [0.05, 0.1) is 8.81 Å². The van der Waals surface area contributed by atoms with Crippen molar-refractivity contribution in [2.75, 3.05) is 18.4 Å². The summed E-state index contributed by atoms with van der Waals surface area (Å²) in [6.07, 6.45) is -4.60. The van der Waals surface area contributed by atoms with Gasteiger partial charge in [0.1, 0.15) is 10.8 Å². The van der Waals surface area contributed by atoms with Crippen LogP contribution >= 0.6 is 54.8 Å². The minimum Gasteiger partial charge on any atom is -0.206 e. The van der Waals surface area contributed by atoms with Crippen molar-refractivity contribution in [2.24, 2.45) is 0 Å². The van der Waals surface area contributed by atoms with Crippen molar-refractivity contribution in [3.05, 3.63) is 14.9 Å². The van der Waals surface area contributed by atoms with Gasteiger partial charge in [0.2, 0.25) is 0 Å². The van der Waals surface area contributed by atoms with Gasteiger partial charge in [0.15, 0.2) is 0 Å². The van der Waals surface area contributed by atoms with E-state index in [1.54, 1.807) is 0 Å². The number of alkyl halides is 4. The van der Waals surface area contributed by atoms with Gasteiger partial charge in [-0.05, 0) is 22.0 Å². The van der Waals surface area contributed by atoms with Crippen molar-refractivity contribution in [3.8, 4) is 0 Å². The molecule has 1 heterocycles. The minimum absolute atomic E-state index is 0.0998. The normalized spacial score (nSPS) is 13.2. The lowest BCUT2D eigenvalue weighted by atomic mass is 10.6. The summed E-state index contributed by atoms with van der Waals surface area (Å²) in [5.41, 5.74) is 0. The van der Waals surface area contributed by atoms with Crippen LogP contribution in [0, 0.1) is 0 Å². The first-order valence-electron chi connectivity index (χ1n) is 4.65. The molecule has 1 aromatic rings. The first kappa shape index (κ1) is 17.7. The molecule has 1 rings (SSSR count). The van der Waals surface area contributed by atoms with Gasteiger partial charge in [-0.15, -0.1) is 11.3 Å². The van der Waals surface area contributed by atoms with Crippen LogP contribution in [0.4, 0.5) is 13.2 Å². The van der Waals surface area contributed by atoms with Crippen molar-refractivity contribution < 1.29 is 21.6 Å². The molecule has 0 radical (unpaired) electrons. The molecule has 19 heavy (non-hydrogen) atoms. The monoisotopic (exact) mass is 463 g/mol. The van der Waals surface area contributed by atoms with Gasteiger partial charge >= 0.3 is 6.18 Å². The minimum atomic E-state index is -4.60. The molecule has 0 fully saturated rings. The Morgan fingerprint density at radius 1 is 1.42 bits per heavy atom. The molecular formula is C8H7Br2ClF3NO2S2. The highest BCUT2D eigenvalue weighted by Gasteiger charge is 2.37. The molecule has 3 nitrogen and oxygen atoms in total. The van der Waals surface area contributed by atoms with Crippen LogP contribution in [0.15, 0.2) is 14.1 Å². The Balaban J connectivity index is 3.12. The number of nitrogens with zero attached hydrogens (tertiary/aromatic N) is 1. The lowest BCUT2D eigenvalue weighted by Crippen LogP contribution is -2.39. The fourth-order valence-corrected chi connectivity index (χ4v) is 5.80. The van der Waals surface area contributed by atoms with Gasteiger partial charge in [-0.3, -0.25) is 0 Å². The van der Waals surface area contributed by atoms with Gasteiger partial charge in [-0.2, -0.15) is 17.5 Å². The van der Waals surface area contributed by atoms with E-state index in [1.165, 1.54) is 0 Å². The number of halogens is 6. The van der Waals surface area contributed by atoms with Crippen molar-refractivity contribution in [3.63, 3.8) is 0 Å². The van der Waals surface area contributed by atoms with Gasteiger partial charge in [-0.1, -0.05) is 27.5 Å². The van der Waals surface area contributed by atoms with E-state index in [2.05, 4.69) is 31.9 Å². The van der Waals surface area contributed by atoms with Gasteiger partial charge in [0, 0.05) is 11.9 Å². The molecule has 0 bridgehead atoms. The van der Waals surface area contributed by atoms with E-state index >= 15 is 0 Å². The fraction of sp³-hybridized carbons (Fsp3) is 0.500. The largest absolute Gasteiger partial charge is 0.402 e. The maximum atomic E-state index is 12.4. The summed E-state index contributed by atoms with van der Waals surface area (Å²) in [7, 11) is -4.21. The lowest BCUT2D eigenvalue weighted by molar-refractivity contribution is -0.135. The summed E-state index contributed by atoms with van der Waals surface area (Å²) in [6.45, 7) is -1.82. The van der Waals surface area contributed by atoms with E-state index < -0.39 is 22.7 Å². The van der Waals surface area contributed by atoms with Crippen LogP contribution in [0.1, 0.15) is 0 Å². The molecule has 0 unspecified atom stereocenters. The zero-order valence-electron chi connectivity index (χ0n) is 9.05. The van der Waals surface area contributed by atoms with E-state index in [-0.39, 0.29) is 21.1 Å². The molecule has 0 amide bonds. The molecule has 0 N–H and O–H groups in total. The molecule has 0 aliphatic rings. The fourth-order valence-electron chi connectivity index (χ4n) is 1.16. The maximum absolute atomic E-state index is 12.4. The van der Waals surface area contributed by atoms with E-state index in [0.29, 0.717) is 8.09 Å². The quantitative estimate of drug-likeness (QED) is 0.614. The van der Waals surface area contributed by atoms with Crippen LogP contribution in [0.5, 0.6) is 0 Å². The smallest absolute Gasteiger partial charge is 0.206 e. The maximum Gasteiger partial charge on any atom is 0.402 e. The van der Waals surface area contributed by atoms with Crippen LogP contribution in [0.3, 0.4) is 0 Å². The summed E-state index contributed by atoms with van der Waals surface area (Å²) in [4.78, 5) is 0. The molecule has 11 heteroatoms. The molecule has 0 saturated heterocycles. The molecule has 0 saturated carbocycles. The molecule has 110 valence electrons. The highest BCUT2D eigenvalue weighted by molar-refractivity contribution is 9.11. The molecule has 0 aromatic carbocycles. The van der Waals surface area contributed by atoms with Crippen LogP contribution in [0.25, 0.3) is 0 Å². The Bertz CT molecular complexity index is 527. The van der Waals surface area contributed by atoms with E-state index in [4.69, 9.17) is 11.6 Å². The number of hydrogen-bond acceptors (Lipinski definition) is 3. The standard InChI is InChI=1S/C8H7Br2ClF3NO2S2/c9-1-2-15(4-8(12,13)14)19(16,17)6-3-5(11)7(10)18-6/h3H,1-2,4H2. The summed E-state index contributed by atoms with van der Waals surface area (Å²) >= 11 is 12.4. The second kappa shape index (κ2) is 6.61. The topological polar surface area (TPSA) is 37.4 Å². The summed E-state index contributed by atoms with van der Waals surface area (Å²) in [5.74, 6) is 0. The first-order chi connectivity index (χ1) is 8.58. The average Bonchev–Trinajstić information content (AvgIpc) is 2.57. The molecule has 0 spiro atoms. The van der Waals surface area contributed by atoms with Crippen LogP contribution in [-0.4, -0.2) is 37.3 Å². The summed E-state index contributed by atoms with van der Waals surface area (Å²) < 4.78 is 61.9. The molecule has 0 atom stereocenters. The second-order valence-corrected chi connectivity index (χ2v) is 9.06. The zero-order chi connectivity index (χ0) is 14.8. The number of sulfonamides is 1. The van der Waals surface area contributed by atoms with Crippen molar-refractivity contribution in [1.29, 1.82) is 0 Å². The third kappa shape index (κ3) is 4.85. The zero-order valence-corrected chi connectivity index (χ0v) is 14.6. The average molecular weight is 466 g/mol. The molecular weight excluding hydrogens is 458 g/mol. The number of hydrogen-bond donors (Lipinski definition) is 0. The van der Waals surface area contributed by atoms with Gasteiger partial charge in [0.25, 0.3) is 10.0 Å². The van der Waals surface area contributed by atoms with Crippen molar-refractivity contribution in [2.45, 2.75) is 10.4 Å². The third-order valence-electron chi connectivity index (χ3n) is 1.91. The van der Waals surface area contributed by atoms with Gasteiger partial charge < -0.3 is 0 Å². The first-order valence-corrected chi connectivity index (χ1v) is 9.20.